The van der Waals surface area contributed by atoms with Crippen molar-refractivity contribution >= 4 is 38.6 Å². The van der Waals surface area contributed by atoms with E-state index in [1.165, 1.54) is 11.4 Å². The number of benzene rings is 4. The van der Waals surface area contributed by atoms with Crippen LogP contribution in [-0.2, 0) is 21.3 Å². The van der Waals surface area contributed by atoms with Crippen molar-refractivity contribution in [1.29, 1.82) is 0 Å². The summed E-state index contributed by atoms with van der Waals surface area (Å²) in [5, 5.41) is 3.27. The number of anilines is 1. The first-order chi connectivity index (χ1) is 20.1. The van der Waals surface area contributed by atoms with Gasteiger partial charge in [0, 0.05) is 29.6 Å². The second-order valence-corrected chi connectivity index (χ2v) is 11.8. The molecule has 1 N–H and O–H groups in total. The molecule has 0 unspecified atom stereocenters. The predicted octanol–water partition coefficient (Wildman–Crippen LogP) is 6.19. The van der Waals surface area contributed by atoms with E-state index >= 15 is 0 Å². The number of amides is 1. The summed E-state index contributed by atoms with van der Waals surface area (Å²) in [5.74, 6) is -0.404. The van der Waals surface area contributed by atoms with E-state index in [0.29, 0.717) is 44.7 Å². The van der Waals surface area contributed by atoms with Crippen LogP contribution in [0, 0.1) is 6.92 Å². The lowest BCUT2D eigenvalue weighted by Gasteiger charge is -2.25. The van der Waals surface area contributed by atoms with Gasteiger partial charge in [-0.15, -0.1) is 0 Å². The number of ether oxygens (including phenoxy) is 1. The molecule has 0 radical (unpaired) electrons. The third-order valence-electron chi connectivity index (χ3n) is 7.03. The van der Waals surface area contributed by atoms with Crippen LogP contribution in [0.25, 0.3) is 33.4 Å². The number of carbonyl (C=O) groups excluding carboxylic acids is 2. The van der Waals surface area contributed by atoms with Gasteiger partial charge in [-0.3, -0.25) is 9.10 Å². The van der Waals surface area contributed by atoms with Gasteiger partial charge in [0.15, 0.2) is 0 Å². The van der Waals surface area contributed by atoms with E-state index in [0.717, 1.165) is 22.9 Å². The fourth-order valence-electron chi connectivity index (χ4n) is 4.86. The lowest BCUT2D eigenvalue weighted by Crippen LogP contribution is -2.29. The highest BCUT2D eigenvalue weighted by molar-refractivity contribution is 7.92. The Morgan fingerprint density at radius 3 is 2.17 bits per heavy atom. The molecule has 0 aliphatic rings. The van der Waals surface area contributed by atoms with Crippen molar-refractivity contribution in [3.63, 3.8) is 0 Å². The first kappa shape index (κ1) is 28.6. The summed E-state index contributed by atoms with van der Waals surface area (Å²) >= 11 is 0. The number of esters is 1. The molecule has 0 spiro atoms. The largest absolute Gasteiger partial charge is 0.465 e. The highest BCUT2D eigenvalue weighted by atomic mass is 32.2. The number of aryl methyl sites for hydroxylation is 1. The van der Waals surface area contributed by atoms with Gasteiger partial charge in [0.2, 0.25) is 10.0 Å². The average Bonchev–Trinajstić information content (AvgIpc) is 3.37. The molecule has 1 amide bonds. The lowest BCUT2D eigenvalue weighted by atomic mass is 9.98. The Morgan fingerprint density at radius 1 is 0.905 bits per heavy atom. The molecule has 4 aromatic carbocycles. The van der Waals surface area contributed by atoms with E-state index in [1.807, 2.05) is 67.6 Å². The van der Waals surface area contributed by atoms with Crippen LogP contribution in [0.15, 0.2) is 95.4 Å². The standard InChI is InChI=1S/C33H30N2O6S/c1-21-10-14-24(15-11-21)31-30(32(36)34-2)27-18-26(23-8-6-5-7-9-23)28(19-29(27)41-31)35(42(4,38)39)20-22-12-16-25(17-13-22)33(37)40-3/h5-19H,20H2,1-4H3,(H,34,36). The van der Waals surface area contributed by atoms with Crippen molar-refractivity contribution in [3.8, 4) is 22.5 Å². The molecule has 1 heterocycles. The minimum absolute atomic E-state index is 0.000538. The van der Waals surface area contributed by atoms with Gasteiger partial charge in [-0.2, -0.15) is 0 Å². The van der Waals surface area contributed by atoms with Crippen molar-refractivity contribution in [2.45, 2.75) is 13.5 Å². The monoisotopic (exact) mass is 582 g/mol. The van der Waals surface area contributed by atoms with Gasteiger partial charge in [0.05, 0.1) is 36.7 Å². The van der Waals surface area contributed by atoms with Crippen LogP contribution >= 0.6 is 0 Å². The average molecular weight is 583 g/mol. The van der Waals surface area contributed by atoms with E-state index in [1.54, 1.807) is 37.4 Å². The first-order valence-electron chi connectivity index (χ1n) is 13.2. The molecule has 0 aliphatic heterocycles. The summed E-state index contributed by atoms with van der Waals surface area (Å²) < 4.78 is 39.0. The van der Waals surface area contributed by atoms with Crippen LogP contribution in [0.1, 0.15) is 31.8 Å². The molecular formula is C33H30N2O6S. The van der Waals surface area contributed by atoms with Gasteiger partial charge in [-0.25, -0.2) is 13.2 Å². The minimum Gasteiger partial charge on any atom is -0.465 e. The van der Waals surface area contributed by atoms with Crippen LogP contribution in [0.4, 0.5) is 5.69 Å². The Morgan fingerprint density at radius 2 is 1.57 bits per heavy atom. The fourth-order valence-corrected chi connectivity index (χ4v) is 5.75. The van der Waals surface area contributed by atoms with Crippen molar-refractivity contribution < 1.29 is 27.2 Å². The minimum atomic E-state index is -3.81. The molecule has 0 atom stereocenters. The van der Waals surface area contributed by atoms with Crippen LogP contribution in [-0.4, -0.2) is 40.7 Å². The highest BCUT2D eigenvalue weighted by Crippen LogP contribution is 2.42. The normalized spacial score (nSPS) is 11.3. The second kappa shape index (κ2) is 11.5. The summed E-state index contributed by atoms with van der Waals surface area (Å²) in [4.78, 5) is 25.1. The van der Waals surface area contributed by atoms with Gasteiger partial charge in [-0.05, 0) is 36.2 Å². The molecule has 0 saturated heterocycles. The number of nitrogens with one attached hydrogen (secondary N) is 1. The van der Waals surface area contributed by atoms with Crippen molar-refractivity contribution in [1.82, 2.24) is 5.32 Å². The topological polar surface area (TPSA) is 106 Å². The summed E-state index contributed by atoms with van der Waals surface area (Å²) in [5.41, 5.74) is 5.32. The summed E-state index contributed by atoms with van der Waals surface area (Å²) in [6.07, 6.45) is 1.14. The van der Waals surface area contributed by atoms with Gasteiger partial charge in [0.25, 0.3) is 5.91 Å². The van der Waals surface area contributed by atoms with E-state index in [4.69, 9.17) is 9.15 Å². The van der Waals surface area contributed by atoms with Crippen molar-refractivity contribution in [3.05, 3.63) is 113 Å². The van der Waals surface area contributed by atoms with Crippen LogP contribution in [0.5, 0.6) is 0 Å². The van der Waals surface area contributed by atoms with Gasteiger partial charge < -0.3 is 14.5 Å². The molecule has 0 aliphatic carbocycles. The number of furan rings is 1. The summed E-state index contributed by atoms with van der Waals surface area (Å²) in [7, 11) is -0.945. The molecule has 0 saturated carbocycles. The quantitative estimate of drug-likeness (QED) is 0.219. The molecule has 5 rings (SSSR count). The zero-order chi connectivity index (χ0) is 30.0. The lowest BCUT2D eigenvalue weighted by molar-refractivity contribution is 0.0600. The molecular weight excluding hydrogens is 552 g/mol. The molecule has 9 heteroatoms. The molecule has 42 heavy (non-hydrogen) atoms. The Bertz CT molecular complexity index is 1880. The van der Waals surface area contributed by atoms with Crippen LogP contribution in [0.3, 0.4) is 0 Å². The highest BCUT2D eigenvalue weighted by Gasteiger charge is 2.27. The fraction of sp³-hybridized carbons (Fsp3) is 0.152. The zero-order valence-corrected chi connectivity index (χ0v) is 24.5. The number of fused-ring (bicyclic) bond motifs is 1. The number of hydrogen-bond acceptors (Lipinski definition) is 6. The van der Waals surface area contributed by atoms with E-state index < -0.39 is 16.0 Å². The first-order valence-corrected chi connectivity index (χ1v) is 15.1. The van der Waals surface area contributed by atoms with Crippen LogP contribution in [0.2, 0.25) is 0 Å². The smallest absolute Gasteiger partial charge is 0.337 e. The second-order valence-electron chi connectivity index (χ2n) is 9.94. The maximum Gasteiger partial charge on any atom is 0.337 e. The Hall–Kier alpha value is -4.89. The van der Waals surface area contributed by atoms with E-state index in [2.05, 4.69) is 5.32 Å². The third kappa shape index (κ3) is 5.64. The Kier molecular flexibility index (Phi) is 7.87. The van der Waals surface area contributed by atoms with Crippen molar-refractivity contribution in [2.75, 3.05) is 24.7 Å². The number of hydrogen-bond donors (Lipinski definition) is 1. The Balaban J connectivity index is 1.74. The zero-order valence-electron chi connectivity index (χ0n) is 23.7. The maximum absolute atomic E-state index is 13.3. The summed E-state index contributed by atoms with van der Waals surface area (Å²) in [6.45, 7) is 1.97. The number of carbonyl (C=O) groups is 2. The van der Waals surface area contributed by atoms with E-state index in [9.17, 15) is 18.0 Å². The predicted molar refractivity (Wildman–Crippen MR) is 164 cm³/mol. The maximum atomic E-state index is 13.3. The third-order valence-corrected chi connectivity index (χ3v) is 8.16. The van der Waals surface area contributed by atoms with Crippen molar-refractivity contribution in [2.24, 2.45) is 0 Å². The molecule has 1 aromatic heterocycles. The number of rotatable bonds is 8. The SMILES string of the molecule is CNC(=O)c1c(-c2ccc(C)cc2)oc2cc(N(Cc3ccc(C(=O)OC)cc3)S(C)(=O)=O)c(-c3ccccc3)cc12. The molecule has 0 fully saturated rings. The number of methoxy groups -OCH3 is 1. The van der Waals surface area contributed by atoms with Gasteiger partial charge in [0.1, 0.15) is 11.3 Å². The number of sulfonamides is 1. The summed E-state index contributed by atoms with van der Waals surface area (Å²) in [6, 6.07) is 27.1. The molecule has 214 valence electrons. The van der Waals surface area contributed by atoms with Gasteiger partial charge in [-0.1, -0.05) is 72.3 Å². The molecule has 0 bridgehead atoms. The Labute approximate surface area is 244 Å². The number of nitrogens with zero attached hydrogens (tertiary/aromatic N) is 1. The molecule has 8 nitrogen and oxygen atoms in total. The van der Waals surface area contributed by atoms with Crippen LogP contribution < -0.4 is 9.62 Å². The molecule has 5 aromatic rings. The van der Waals surface area contributed by atoms with E-state index in [-0.39, 0.29) is 12.5 Å². The van der Waals surface area contributed by atoms with Gasteiger partial charge >= 0.3 is 5.97 Å².